The Bertz CT molecular complexity index is 157. The summed E-state index contributed by atoms with van der Waals surface area (Å²) in [7, 11) is 1.36. The lowest BCUT2D eigenvalue weighted by molar-refractivity contribution is -0.137. The molecule has 0 aromatic heterocycles. The average molecular weight is 175 g/mol. The number of nitrogens with one attached hydrogen (secondary N) is 1. The van der Waals surface area contributed by atoms with Gasteiger partial charge in [0.05, 0.1) is 7.11 Å². The first-order valence-electron chi connectivity index (χ1n) is 3.70. The lowest BCUT2D eigenvalue weighted by atomic mass is 10.2. The minimum atomic E-state index is -0.831. The van der Waals surface area contributed by atoms with Gasteiger partial charge in [0.15, 0.2) is 0 Å². The number of carboxylic acid groups (broad SMARTS) is 1. The molecular weight excluding hydrogens is 162 g/mol. The fraction of sp³-hybridized carbons (Fsp3) is 0.714. The summed E-state index contributed by atoms with van der Waals surface area (Å²) >= 11 is 0. The first-order valence-corrected chi connectivity index (χ1v) is 3.70. The summed E-state index contributed by atoms with van der Waals surface area (Å²) < 4.78 is 0. The minimum absolute atomic E-state index is 0.111. The van der Waals surface area contributed by atoms with Crippen molar-refractivity contribution >= 4 is 11.9 Å². The number of amides is 1. The van der Waals surface area contributed by atoms with E-state index in [9.17, 15) is 9.59 Å². The molecule has 0 spiro atoms. The molecule has 0 aromatic rings. The summed E-state index contributed by atoms with van der Waals surface area (Å²) in [4.78, 5) is 25.1. The van der Waals surface area contributed by atoms with E-state index in [0.29, 0.717) is 19.3 Å². The van der Waals surface area contributed by atoms with Crippen molar-refractivity contribution in [2.75, 3.05) is 7.11 Å². The molecule has 0 aliphatic heterocycles. The van der Waals surface area contributed by atoms with Gasteiger partial charge in [-0.15, -0.1) is 0 Å². The molecule has 0 saturated heterocycles. The Kier molecular flexibility index (Phi) is 6.00. The highest BCUT2D eigenvalue weighted by Gasteiger charge is 2.01. The zero-order chi connectivity index (χ0) is 9.40. The van der Waals surface area contributed by atoms with Crippen LogP contribution >= 0.6 is 0 Å². The van der Waals surface area contributed by atoms with Crippen LogP contribution in [0.2, 0.25) is 0 Å². The summed E-state index contributed by atoms with van der Waals surface area (Å²) in [5.41, 5.74) is 2.15. The van der Waals surface area contributed by atoms with Crippen LogP contribution in [-0.4, -0.2) is 24.1 Å². The van der Waals surface area contributed by atoms with Crippen LogP contribution in [0.1, 0.15) is 25.7 Å². The molecule has 0 unspecified atom stereocenters. The quantitative estimate of drug-likeness (QED) is 0.450. The van der Waals surface area contributed by atoms with Crippen LogP contribution in [0, 0.1) is 0 Å². The summed E-state index contributed by atoms with van der Waals surface area (Å²) in [6, 6.07) is 0. The van der Waals surface area contributed by atoms with Crippen molar-refractivity contribution < 1.29 is 19.5 Å². The predicted octanol–water partition coefficient (Wildman–Crippen LogP) is 0.309. The Balaban J connectivity index is 3.19. The molecule has 0 rings (SSSR count). The van der Waals surface area contributed by atoms with Gasteiger partial charge in [-0.25, -0.2) is 5.48 Å². The highest BCUT2D eigenvalue weighted by molar-refractivity contribution is 5.74. The van der Waals surface area contributed by atoms with Gasteiger partial charge < -0.3 is 5.11 Å². The maximum atomic E-state index is 10.7. The second-order valence-electron chi connectivity index (χ2n) is 2.33. The standard InChI is InChI=1S/C7H13NO4/c1-12-8-6(9)4-2-3-5-7(10)11/h2-5H2,1H3,(H,8,9)(H,10,11). The third-order valence-corrected chi connectivity index (χ3v) is 1.26. The number of hydroxylamine groups is 1. The van der Waals surface area contributed by atoms with Gasteiger partial charge in [0.25, 0.3) is 0 Å². The molecule has 0 aliphatic rings. The molecule has 5 nitrogen and oxygen atoms in total. The Morgan fingerprint density at radius 2 is 1.92 bits per heavy atom. The molecule has 0 aliphatic carbocycles. The lowest BCUT2D eigenvalue weighted by Crippen LogP contribution is -2.21. The summed E-state index contributed by atoms with van der Waals surface area (Å²) in [6.45, 7) is 0. The summed E-state index contributed by atoms with van der Waals surface area (Å²) in [5, 5.41) is 8.26. The Morgan fingerprint density at radius 3 is 2.42 bits per heavy atom. The second-order valence-corrected chi connectivity index (χ2v) is 2.33. The van der Waals surface area contributed by atoms with Crippen molar-refractivity contribution in [3.05, 3.63) is 0 Å². The zero-order valence-electron chi connectivity index (χ0n) is 7.00. The molecule has 1 amide bonds. The van der Waals surface area contributed by atoms with E-state index in [1.807, 2.05) is 0 Å². The van der Waals surface area contributed by atoms with Crippen LogP contribution in [0.5, 0.6) is 0 Å². The zero-order valence-corrected chi connectivity index (χ0v) is 7.00. The van der Waals surface area contributed by atoms with E-state index in [2.05, 4.69) is 10.3 Å². The molecule has 0 radical (unpaired) electrons. The van der Waals surface area contributed by atoms with Crippen molar-refractivity contribution in [2.24, 2.45) is 0 Å². The lowest BCUT2D eigenvalue weighted by Gasteiger charge is -1.99. The van der Waals surface area contributed by atoms with Crippen LogP contribution in [-0.2, 0) is 14.4 Å². The van der Waals surface area contributed by atoms with E-state index >= 15 is 0 Å². The summed E-state index contributed by atoms with van der Waals surface area (Å²) in [5.74, 6) is -1.05. The Labute approximate surface area is 70.7 Å². The van der Waals surface area contributed by atoms with Gasteiger partial charge in [-0.05, 0) is 12.8 Å². The van der Waals surface area contributed by atoms with Crippen molar-refractivity contribution in [1.29, 1.82) is 0 Å². The largest absolute Gasteiger partial charge is 0.481 e. The molecule has 70 valence electrons. The third kappa shape index (κ3) is 7.01. The fourth-order valence-corrected chi connectivity index (χ4v) is 0.727. The molecule has 0 bridgehead atoms. The maximum Gasteiger partial charge on any atom is 0.303 e. The molecule has 0 atom stereocenters. The van der Waals surface area contributed by atoms with E-state index in [4.69, 9.17) is 5.11 Å². The third-order valence-electron chi connectivity index (χ3n) is 1.26. The normalized spacial score (nSPS) is 9.42. The molecule has 2 N–H and O–H groups in total. The number of hydrogen-bond acceptors (Lipinski definition) is 3. The number of carboxylic acids is 1. The van der Waals surface area contributed by atoms with Crippen LogP contribution < -0.4 is 5.48 Å². The van der Waals surface area contributed by atoms with Gasteiger partial charge in [0, 0.05) is 12.8 Å². The van der Waals surface area contributed by atoms with Crippen LogP contribution in [0.3, 0.4) is 0 Å². The van der Waals surface area contributed by atoms with Gasteiger partial charge in [-0.1, -0.05) is 0 Å². The molecule has 0 heterocycles. The van der Waals surface area contributed by atoms with Gasteiger partial charge in [0.1, 0.15) is 0 Å². The predicted molar refractivity (Wildman–Crippen MR) is 41.3 cm³/mol. The number of carbonyl (C=O) groups excluding carboxylic acids is 1. The maximum absolute atomic E-state index is 10.7. The average Bonchev–Trinajstić information content (AvgIpc) is 1.98. The molecule has 12 heavy (non-hydrogen) atoms. The number of hydrogen-bond donors (Lipinski definition) is 2. The van der Waals surface area contributed by atoms with E-state index < -0.39 is 5.97 Å². The van der Waals surface area contributed by atoms with Crippen molar-refractivity contribution in [2.45, 2.75) is 25.7 Å². The number of carbonyl (C=O) groups is 2. The molecule has 0 saturated carbocycles. The van der Waals surface area contributed by atoms with Gasteiger partial charge >= 0.3 is 5.97 Å². The molecule has 0 fully saturated rings. The van der Waals surface area contributed by atoms with Crippen molar-refractivity contribution in [3.8, 4) is 0 Å². The first-order chi connectivity index (χ1) is 5.66. The second kappa shape index (κ2) is 6.60. The number of rotatable bonds is 6. The number of unbranched alkanes of at least 4 members (excludes halogenated alkanes) is 1. The van der Waals surface area contributed by atoms with E-state index in [0.717, 1.165) is 0 Å². The Hall–Kier alpha value is -1.10. The van der Waals surface area contributed by atoms with Gasteiger partial charge in [-0.2, -0.15) is 0 Å². The van der Waals surface area contributed by atoms with Gasteiger partial charge in [0.2, 0.25) is 5.91 Å². The van der Waals surface area contributed by atoms with E-state index in [1.165, 1.54) is 7.11 Å². The Morgan fingerprint density at radius 1 is 1.33 bits per heavy atom. The van der Waals surface area contributed by atoms with E-state index in [-0.39, 0.29) is 12.3 Å². The molecule has 5 heteroatoms. The fourth-order valence-electron chi connectivity index (χ4n) is 0.727. The highest BCUT2D eigenvalue weighted by atomic mass is 16.6. The van der Waals surface area contributed by atoms with Gasteiger partial charge in [-0.3, -0.25) is 14.4 Å². The molecule has 0 aromatic carbocycles. The monoisotopic (exact) mass is 175 g/mol. The SMILES string of the molecule is CONC(=O)CCCCC(=O)O. The van der Waals surface area contributed by atoms with Crippen molar-refractivity contribution in [1.82, 2.24) is 5.48 Å². The van der Waals surface area contributed by atoms with Crippen LogP contribution in [0.4, 0.5) is 0 Å². The van der Waals surface area contributed by atoms with Crippen LogP contribution in [0.15, 0.2) is 0 Å². The highest BCUT2D eigenvalue weighted by Crippen LogP contribution is 1.99. The molecular formula is C7H13NO4. The number of aliphatic carboxylic acids is 1. The van der Waals surface area contributed by atoms with Crippen molar-refractivity contribution in [3.63, 3.8) is 0 Å². The van der Waals surface area contributed by atoms with E-state index in [1.54, 1.807) is 0 Å². The summed E-state index contributed by atoms with van der Waals surface area (Å²) in [6.07, 6.45) is 1.51. The minimum Gasteiger partial charge on any atom is -0.481 e. The topological polar surface area (TPSA) is 75.6 Å². The van der Waals surface area contributed by atoms with Crippen LogP contribution in [0.25, 0.3) is 0 Å². The smallest absolute Gasteiger partial charge is 0.303 e. The first kappa shape index (κ1) is 10.9.